The highest BCUT2D eigenvalue weighted by atomic mass is 33.4. The highest BCUT2D eigenvalue weighted by Gasteiger charge is 2.38. The topological polar surface area (TPSA) is 17.1 Å². The molecule has 0 unspecified atom stereocenters. The van der Waals surface area contributed by atoms with Crippen LogP contribution in [0.3, 0.4) is 0 Å². The van der Waals surface area contributed by atoms with Gasteiger partial charge in [0, 0.05) is 14.2 Å². The van der Waals surface area contributed by atoms with E-state index >= 15 is 0 Å². The average molecular weight is 315 g/mol. The van der Waals surface area contributed by atoms with E-state index in [-0.39, 0.29) is 14.2 Å². The molecule has 0 fully saturated rings. The molecule has 0 aliphatic carbocycles. The largest absolute Gasteiger partial charge is 0.288 e. The lowest BCUT2D eigenvalue weighted by atomic mass is 10.3. The third-order valence-electron chi connectivity index (χ3n) is 1.16. The van der Waals surface area contributed by atoms with Crippen molar-refractivity contribution in [3.8, 4) is 0 Å². The van der Waals surface area contributed by atoms with Gasteiger partial charge in [-0.15, -0.1) is 0 Å². The first-order chi connectivity index (χ1) is 7.12. The van der Waals surface area contributed by atoms with Crippen LogP contribution in [0.4, 0.5) is 0 Å². The highest BCUT2D eigenvalue weighted by molar-refractivity contribution is 9.15. The van der Waals surface area contributed by atoms with Gasteiger partial charge in [-0.2, -0.15) is 0 Å². The second-order valence-corrected chi connectivity index (χ2v) is 20.5. The van der Waals surface area contributed by atoms with Gasteiger partial charge in [-0.05, 0) is 0 Å². The molecule has 0 atom stereocenters. The van der Waals surface area contributed by atoms with Gasteiger partial charge < -0.3 is 0 Å². The van der Waals surface area contributed by atoms with Crippen LogP contribution in [0.5, 0.6) is 0 Å². The molecule has 5 heteroatoms. The van der Waals surface area contributed by atoms with Crippen LogP contribution < -0.4 is 0 Å². The van der Waals surface area contributed by atoms with Gasteiger partial charge in [-0.1, -0.05) is 96.5 Å². The van der Waals surface area contributed by atoms with Crippen LogP contribution in [0.1, 0.15) is 62.3 Å². The van der Waals surface area contributed by atoms with Crippen molar-refractivity contribution < 1.29 is 4.57 Å². The molecule has 0 radical (unpaired) electrons. The number of hydrogen-bond donors (Lipinski definition) is 0. The van der Waals surface area contributed by atoms with Gasteiger partial charge in [-0.25, -0.2) is 0 Å². The standard InChI is InChI=1S/C12H27OPS3/c1-10(2,3)15-14(13,16-11(4,5)6)17-12(7,8)9/h1-9H3. The molecular formula is C12H27OPS3. The summed E-state index contributed by atoms with van der Waals surface area (Å²) in [6, 6.07) is 0. The Labute approximate surface area is 120 Å². The number of rotatable bonds is 3. The van der Waals surface area contributed by atoms with Crippen LogP contribution in [-0.4, -0.2) is 14.2 Å². The van der Waals surface area contributed by atoms with Gasteiger partial charge in [-0.3, -0.25) is 4.57 Å². The van der Waals surface area contributed by atoms with Crippen molar-refractivity contribution in [1.29, 1.82) is 0 Å². The minimum absolute atomic E-state index is 0.0338. The van der Waals surface area contributed by atoms with Gasteiger partial charge in [0.05, 0.1) is 0 Å². The summed E-state index contributed by atoms with van der Waals surface area (Å²) < 4.78 is 10.9. The molecule has 0 rings (SSSR count). The summed E-state index contributed by atoms with van der Waals surface area (Å²) in [7, 11) is 0. The molecule has 17 heavy (non-hydrogen) atoms. The molecule has 0 bridgehead atoms. The molecule has 1 nitrogen and oxygen atoms in total. The highest BCUT2D eigenvalue weighted by Crippen LogP contribution is 2.84. The van der Waals surface area contributed by atoms with Gasteiger partial charge >= 0.3 is 0 Å². The van der Waals surface area contributed by atoms with Crippen LogP contribution in [0.15, 0.2) is 0 Å². The Morgan fingerprint density at radius 1 is 0.588 bits per heavy atom. The fourth-order valence-electron chi connectivity index (χ4n) is 1.06. The molecule has 0 spiro atoms. The SMILES string of the molecule is CC(C)(C)SP(=O)(SC(C)(C)C)SC(C)(C)C. The van der Waals surface area contributed by atoms with Crippen molar-refractivity contribution >= 4 is 38.9 Å². The summed E-state index contributed by atoms with van der Waals surface area (Å²) in [6.45, 7) is 19.2. The minimum Gasteiger partial charge on any atom is -0.288 e. The summed E-state index contributed by atoms with van der Waals surface area (Å²) in [5.74, 6) is 0. The predicted octanol–water partition coefficient (Wildman–Crippen LogP) is 6.69. The van der Waals surface area contributed by atoms with E-state index in [1.54, 1.807) is 34.1 Å². The molecule has 0 saturated carbocycles. The Kier molecular flexibility index (Phi) is 6.16. The maximum Gasteiger partial charge on any atom is 0.245 e. The molecule has 0 amide bonds. The minimum atomic E-state index is -2.33. The Balaban J connectivity index is 5.03. The second kappa shape index (κ2) is 5.73. The smallest absolute Gasteiger partial charge is 0.245 e. The van der Waals surface area contributed by atoms with Crippen molar-refractivity contribution in [2.24, 2.45) is 0 Å². The van der Waals surface area contributed by atoms with Crippen LogP contribution in [0.2, 0.25) is 0 Å². The van der Waals surface area contributed by atoms with Crippen LogP contribution >= 0.6 is 38.9 Å². The maximum atomic E-state index is 13.1. The van der Waals surface area contributed by atoms with E-state index in [0.717, 1.165) is 0 Å². The molecular weight excluding hydrogens is 287 g/mol. The average Bonchev–Trinajstić information content (AvgIpc) is 1.65. The van der Waals surface area contributed by atoms with Crippen molar-refractivity contribution in [1.82, 2.24) is 0 Å². The fraction of sp³-hybridized carbons (Fsp3) is 1.00. The zero-order valence-electron chi connectivity index (χ0n) is 12.6. The molecule has 0 aromatic rings. The first-order valence-electron chi connectivity index (χ1n) is 5.84. The van der Waals surface area contributed by atoms with E-state index in [9.17, 15) is 4.57 Å². The van der Waals surface area contributed by atoms with Gasteiger partial charge in [0.15, 0.2) is 0 Å². The molecule has 0 aliphatic heterocycles. The Morgan fingerprint density at radius 2 is 0.765 bits per heavy atom. The fourth-order valence-corrected chi connectivity index (χ4v) is 22.6. The molecule has 104 valence electrons. The van der Waals surface area contributed by atoms with E-state index in [4.69, 9.17) is 0 Å². The second-order valence-electron chi connectivity index (χ2n) is 7.06. The zero-order valence-corrected chi connectivity index (χ0v) is 15.9. The van der Waals surface area contributed by atoms with Crippen molar-refractivity contribution in [3.63, 3.8) is 0 Å². The van der Waals surface area contributed by atoms with E-state index in [0.29, 0.717) is 0 Å². The van der Waals surface area contributed by atoms with Crippen molar-refractivity contribution in [3.05, 3.63) is 0 Å². The first kappa shape index (κ1) is 18.3. The number of hydrogen-bond acceptors (Lipinski definition) is 4. The lowest BCUT2D eigenvalue weighted by Gasteiger charge is -2.33. The molecule has 0 aliphatic rings. The Morgan fingerprint density at radius 3 is 0.882 bits per heavy atom. The zero-order chi connectivity index (χ0) is 14.1. The third-order valence-corrected chi connectivity index (χ3v) is 14.4. The lowest BCUT2D eigenvalue weighted by molar-refractivity contribution is 0.600. The van der Waals surface area contributed by atoms with E-state index in [1.165, 1.54) is 0 Å². The molecule has 0 N–H and O–H groups in total. The molecule has 0 saturated heterocycles. The van der Waals surface area contributed by atoms with E-state index in [1.807, 2.05) is 0 Å². The molecule has 0 aromatic heterocycles. The molecule has 0 heterocycles. The Bertz CT molecular complexity index is 247. The maximum absolute atomic E-state index is 13.1. The van der Waals surface area contributed by atoms with Crippen LogP contribution in [0.25, 0.3) is 0 Å². The van der Waals surface area contributed by atoms with E-state index in [2.05, 4.69) is 62.3 Å². The van der Waals surface area contributed by atoms with E-state index < -0.39 is 4.75 Å². The van der Waals surface area contributed by atoms with Gasteiger partial charge in [0.2, 0.25) is 4.75 Å². The predicted molar refractivity (Wildman–Crippen MR) is 89.6 cm³/mol. The van der Waals surface area contributed by atoms with Crippen molar-refractivity contribution in [2.75, 3.05) is 0 Å². The summed E-state index contributed by atoms with van der Waals surface area (Å²) in [5.41, 5.74) is 0. The first-order valence-corrected chi connectivity index (χ1v) is 11.8. The quantitative estimate of drug-likeness (QED) is 0.539. The van der Waals surface area contributed by atoms with Crippen molar-refractivity contribution in [2.45, 2.75) is 76.6 Å². The summed E-state index contributed by atoms with van der Waals surface area (Å²) >= 11 is 4.92. The summed E-state index contributed by atoms with van der Waals surface area (Å²) in [5, 5.41) is 0. The summed E-state index contributed by atoms with van der Waals surface area (Å²) in [6.07, 6.45) is 0. The molecule has 0 aromatic carbocycles. The van der Waals surface area contributed by atoms with Gasteiger partial charge in [0.25, 0.3) is 0 Å². The van der Waals surface area contributed by atoms with Gasteiger partial charge in [0.1, 0.15) is 0 Å². The monoisotopic (exact) mass is 314 g/mol. The van der Waals surface area contributed by atoms with Crippen LogP contribution in [0, 0.1) is 0 Å². The Hall–Kier alpha value is 1.28. The lowest BCUT2D eigenvalue weighted by Crippen LogP contribution is -2.12. The normalized spacial score (nSPS) is 15.1. The van der Waals surface area contributed by atoms with Crippen LogP contribution in [-0.2, 0) is 4.57 Å². The summed E-state index contributed by atoms with van der Waals surface area (Å²) in [4.78, 5) is 0. The third kappa shape index (κ3) is 10.9.